The number of hydrogen-bond donors (Lipinski definition) is 4. The Morgan fingerprint density at radius 2 is 0.861 bits per heavy atom. The third-order valence-electron chi connectivity index (χ3n) is 7.35. The summed E-state index contributed by atoms with van der Waals surface area (Å²) >= 11 is 0. The molecule has 36 heavy (non-hydrogen) atoms. The van der Waals surface area contributed by atoms with Crippen LogP contribution >= 0.6 is 0 Å². The molecule has 0 heterocycles. The highest BCUT2D eigenvalue weighted by Crippen LogP contribution is 2.46. The van der Waals surface area contributed by atoms with E-state index in [4.69, 9.17) is 0 Å². The molecule has 0 aliphatic rings. The predicted molar refractivity (Wildman–Crippen MR) is 144 cm³/mol. The quantitative estimate of drug-likeness (QED) is 0.212. The van der Waals surface area contributed by atoms with Crippen LogP contribution in [-0.2, 0) is 11.8 Å². The Bertz CT molecular complexity index is 1280. The predicted octanol–water partition coefficient (Wildman–Crippen LogP) is 7.10. The molecule has 4 aromatic rings. The molecule has 0 amide bonds. The summed E-state index contributed by atoms with van der Waals surface area (Å²) in [5, 5.41) is 40.8. The summed E-state index contributed by atoms with van der Waals surface area (Å²) in [5.74, 6) is 1.04. The van der Waals surface area contributed by atoms with E-state index in [0.29, 0.717) is 5.75 Å². The minimum Gasteiger partial charge on any atom is -0.508 e. The smallest absolute Gasteiger partial charge is 0.118 e. The molecule has 0 spiro atoms. The molecule has 186 valence electrons. The minimum atomic E-state index is -0.582. The molecular weight excluding hydrogens is 448 g/mol. The van der Waals surface area contributed by atoms with Crippen molar-refractivity contribution in [1.82, 2.24) is 0 Å². The SMILES string of the molecule is Cc1cc(CCCC(c2ccc(O)c(C)c2)(c2ccc(O)c(C)c2)c2ccc(O)c(C)c2)ccc1O. The lowest BCUT2D eigenvalue weighted by Crippen LogP contribution is -2.30. The van der Waals surface area contributed by atoms with Gasteiger partial charge in [-0.25, -0.2) is 0 Å². The van der Waals surface area contributed by atoms with Crippen LogP contribution in [0, 0.1) is 27.7 Å². The van der Waals surface area contributed by atoms with Crippen molar-refractivity contribution in [1.29, 1.82) is 0 Å². The van der Waals surface area contributed by atoms with Gasteiger partial charge in [-0.05, 0) is 116 Å². The summed E-state index contributed by atoms with van der Waals surface area (Å²) in [4.78, 5) is 0. The largest absolute Gasteiger partial charge is 0.508 e. The van der Waals surface area contributed by atoms with E-state index in [0.717, 1.165) is 63.8 Å². The maximum Gasteiger partial charge on any atom is 0.118 e. The zero-order valence-electron chi connectivity index (χ0n) is 21.3. The molecule has 4 N–H and O–H groups in total. The fraction of sp³-hybridized carbons (Fsp3) is 0.250. The second-order valence-electron chi connectivity index (χ2n) is 9.88. The summed E-state index contributed by atoms with van der Waals surface area (Å²) in [7, 11) is 0. The molecule has 0 aliphatic heterocycles. The lowest BCUT2D eigenvalue weighted by Gasteiger charge is -2.37. The van der Waals surface area contributed by atoms with Gasteiger partial charge >= 0.3 is 0 Å². The monoisotopic (exact) mass is 482 g/mol. The molecule has 0 bridgehead atoms. The maximum atomic E-state index is 10.3. The van der Waals surface area contributed by atoms with Crippen molar-refractivity contribution < 1.29 is 20.4 Å². The van der Waals surface area contributed by atoms with Gasteiger partial charge in [-0.15, -0.1) is 0 Å². The Labute approximate surface area is 213 Å². The minimum absolute atomic E-state index is 0.246. The highest BCUT2D eigenvalue weighted by atomic mass is 16.3. The Balaban J connectivity index is 1.90. The zero-order chi connectivity index (χ0) is 26.0. The van der Waals surface area contributed by atoms with Gasteiger partial charge in [-0.2, -0.15) is 0 Å². The van der Waals surface area contributed by atoms with Gasteiger partial charge in [0.15, 0.2) is 0 Å². The Kier molecular flexibility index (Phi) is 6.98. The van der Waals surface area contributed by atoms with Crippen LogP contribution in [0.3, 0.4) is 0 Å². The van der Waals surface area contributed by atoms with Crippen LogP contribution in [0.2, 0.25) is 0 Å². The highest BCUT2D eigenvalue weighted by molar-refractivity contribution is 5.56. The van der Waals surface area contributed by atoms with Crippen LogP contribution in [0.5, 0.6) is 23.0 Å². The Morgan fingerprint density at radius 1 is 0.500 bits per heavy atom. The summed E-state index contributed by atoms with van der Waals surface area (Å²) in [6, 6.07) is 23.0. The van der Waals surface area contributed by atoms with E-state index >= 15 is 0 Å². The fourth-order valence-electron chi connectivity index (χ4n) is 5.13. The first-order valence-electron chi connectivity index (χ1n) is 12.3. The van der Waals surface area contributed by atoms with Gasteiger partial charge in [0.05, 0.1) is 0 Å². The van der Waals surface area contributed by atoms with Crippen molar-refractivity contribution >= 4 is 0 Å². The first-order valence-corrected chi connectivity index (χ1v) is 12.3. The summed E-state index contributed by atoms with van der Waals surface area (Å²) in [6.07, 6.45) is 2.43. The molecule has 4 aromatic carbocycles. The number of benzene rings is 4. The standard InChI is InChI=1S/C32H34O4/c1-20-16-24(7-11-28(20)33)6-5-15-32(25-8-12-29(34)21(2)17-25,26-9-13-30(35)22(3)18-26)27-10-14-31(36)23(4)19-27/h7-14,16-19,33-36H,5-6,15H2,1-4H3. The molecule has 4 heteroatoms. The van der Waals surface area contributed by atoms with Crippen molar-refractivity contribution in [2.75, 3.05) is 0 Å². The number of aryl methyl sites for hydroxylation is 5. The normalized spacial score (nSPS) is 11.6. The molecule has 0 saturated heterocycles. The van der Waals surface area contributed by atoms with Crippen LogP contribution in [0.1, 0.15) is 57.3 Å². The number of aromatic hydroxyl groups is 4. The third-order valence-corrected chi connectivity index (χ3v) is 7.35. The van der Waals surface area contributed by atoms with Gasteiger partial charge in [-0.1, -0.05) is 48.5 Å². The lowest BCUT2D eigenvalue weighted by atomic mass is 9.65. The van der Waals surface area contributed by atoms with E-state index in [1.54, 1.807) is 24.3 Å². The van der Waals surface area contributed by atoms with Gasteiger partial charge in [0.25, 0.3) is 0 Å². The third kappa shape index (κ3) is 4.76. The Hall–Kier alpha value is -3.92. The van der Waals surface area contributed by atoms with Crippen molar-refractivity contribution in [3.05, 3.63) is 117 Å². The average Bonchev–Trinajstić information content (AvgIpc) is 2.85. The molecule has 0 aromatic heterocycles. The second kappa shape index (κ2) is 9.98. The number of hydrogen-bond acceptors (Lipinski definition) is 4. The summed E-state index contributed by atoms with van der Waals surface area (Å²) in [5.41, 5.74) is 6.91. The molecule has 0 radical (unpaired) electrons. The molecule has 0 aliphatic carbocycles. The molecule has 4 rings (SSSR count). The van der Waals surface area contributed by atoms with Crippen molar-refractivity contribution in [2.24, 2.45) is 0 Å². The summed E-state index contributed by atoms with van der Waals surface area (Å²) in [6.45, 7) is 7.59. The van der Waals surface area contributed by atoms with Gasteiger partial charge in [0, 0.05) is 5.41 Å². The maximum absolute atomic E-state index is 10.3. The van der Waals surface area contributed by atoms with Crippen LogP contribution in [-0.4, -0.2) is 20.4 Å². The van der Waals surface area contributed by atoms with Crippen LogP contribution in [0.15, 0.2) is 72.8 Å². The van der Waals surface area contributed by atoms with Gasteiger partial charge < -0.3 is 20.4 Å². The van der Waals surface area contributed by atoms with Crippen LogP contribution in [0.25, 0.3) is 0 Å². The number of phenols is 4. The second-order valence-corrected chi connectivity index (χ2v) is 9.88. The number of rotatable bonds is 7. The average molecular weight is 483 g/mol. The molecular formula is C32H34O4. The van der Waals surface area contributed by atoms with E-state index in [2.05, 4.69) is 0 Å². The van der Waals surface area contributed by atoms with E-state index in [1.165, 1.54) is 0 Å². The molecule has 0 fully saturated rings. The fourth-order valence-corrected chi connectivity index (χ4v) is 5.13. The van der Waals surface area contributed by atoms with E-state index in [-0.39, 0.29) is 17.2 Å². The van der Waals surface area contributed by atoms with E-state index < -0.39 is 5.41 Å². The van der Waals surface area contributed by atoms with Gasteiger partial charge in [-0.3, -0.25) is 0 Å². The van der Waals surface area contributed by atoms with E-state index in [1.807, 2.05) is 76.2 Å². The van der Waals surface area contributed by atoms with Crippen molar-refractivity contribution in [3.63, 3.8) is 0 Å². The number of phenolic OH excluding ortho intramolecular Hbond substituents is 4. The van der Waals surface area contributed by atoms with Crippen molar-refractivity contribution in [2.45, 2.75) is 52.4 Å². The zero-order valence-corrected chi connectivity index (χ0v) is 21.3. The topological polar surface area (TPSA) is 80.9 Å². The van der Waals surface area contributed by atoms with Gasteiger partial charge in [0.1, 0.15) is 23.0 Å². The first-order chi connectivity index (χ1) is 17.1. The van der Waals surface area contributed by atoms with Crippen LogP contribution in [0.4, 0.5) is 0 Å². The van der Waals surface area contributed by atoms with Crippen molar-refractivity contribution in [3.8, 4) is 23.0 Å². The van der Waals surface area contributed by atoms with E-state index in [9.17, 15) is 20.4 Å². The summed E-state index contributed by atoms with van der Waals surface area (Å²) < 4.78 is 0. The molecule has 0 unspecified atom stereocenters. The lowest BCUT2D eigenvalue weighted by molar-refractivity contribution is 0.465. The molecule has 4 nitrogen and oxygen atoms in total. The first kappa shape index (κ1) is 25.2. The molecule has 0 atom stereocenters. The van der Waals surface area contributed by atoms with Gasteiger partial charge in [0.2, 0.25) is 0 Å². The van der Waals surface area contributed by atoms with Crippen LogP contribution < -0.4 is 0 Å². The highest BCUT2D eigenvalue weighted by Gasteiger charge is 2.37. The Morgan fingerprint density at radius 3 is 1.22 bits per heavy atom. The molecule has 0 saturated carbocycles.